The number of benzene rings is 2. The predicted octanol–water partition coefficient (Wildman–Crippen LogP) is 4.14. The van der Waals surface area contributed by atoms with Crippen molar-refractivity contribution in [3.8, 4) is 0 Å². The quantitative estimate of drug-likeness (QED) is 0.215. The number of carbonyl (C=O) groups is 4. The third-order valence-corrected chi connectivity index (χ3v) is 10.1. The molecule has 2 aromatic carbocycles. The standard InChI is InChI=1S/C39H49N3O7/c1-6-8-19-31(44)48-25-29(27-17-13-10-14-18-27)40-35(45)32-30-20-21-39(49-30)33(32)36(46)42(28(24-43)23-26-15-11-9-12-16-26)34(39)37(47)41(22-7-2)38(3,4)5/h6-7,9-18,28-30,32-34,43H,1-2,8,19-25H2,3-5H3,(H,40,45)/t28-,29+,30+,32-,33-,34+,39-/m1/s1. The molecular weight excluding hydrogens is 622 g/mol. The molecule has 0 radical (unpaired) electrons. The Balaban J connectivity index is 1.50. The molecule has 0 saturated carbocycles. The van der Waals surface area contributed by atoms with Crippen molar-refractivity contribution in [2.24, 2.45) is 11.8 Å². The van der Waals surface area contributed by atoms with Gasteiger partial charge in [0.2, 0.25) is 17.7 Å². The number of likely N-dealkylation sites (tertiary alicyclic amines) is 1. The minimum absolute atomic E-state index is 0.0906. The normalized spacial score (nSPS) is 25.3. The SMILES string of the molecule is C=CCCC(=O)OC[C@H](NC(=O)[C@@H]1[C@@H]2CC[C@]3(O2)[C@H](C(=O)N(CC=C)C(C)(C)C)N([C@@H](CO)Cc2ccccc2)C(=O)[C@@H]13)c1ccccc1. The second-order valence-electron chi connectivity index (χ2n) is 14.2. The minimum atomic E-state index is -1.25. The Kier molecular flexibility index (Phi) is 11.1. The molecule has 49 heavy (non-hydrogen) atoms. The summed E-state index contributed by atoms with van der Waals surface area (Å²) >= 11 is 0. The van der Waals surface area contributed by atoms with Crippen LogP contribution in [0.15, 0.2) is 86.0 Å². The molecule has 10 heteroatoms. The number of fused-ring (bicyclic) bond motifs is 1. The van der Waals surface area contributed by atoms with Gasteiger partial charge in [0, 0.05) is 18.5 Å². The lowest BCUT2D eigenvalue weighted by molar-refractivity contribution is -0.154. The Hall–Kier alpha value is -4.28. The first-order valence-electron chi connectivity index (χ1n) is 17.2. The van der Waals surface area contributed by atoms with Crippen LogP contribution in [-0.2, 0) is 35.1 Å². The Labute approximate surface area is 289 Å². The van der Waals surface area contributed by atoms with Crippen molar-refractivity contribution in [3.63, 3.8) is 0 Å². The molecule has 262 valence electrons. The van der Waals surface area contributed by atoms with Gasteiger partial charge >= 0.3 is 5.97 Å². The zero-order chi connectivity index (χ0) is 35.3. The van der Waals surface area contributed by atoms with Crippen LogP contribution in [-0.4, -0.2) is 87.7 Å². The van der Waals surface area contributed by atoms with Gasteiger partial charge in [0.15, 0.2) is 0 Å². The fraction of sp³-hybridized carbons (Fsp3) is 0.487. The van der Waals surface area contributed by atoms with Crippen LogP contribution in [0.3, 0.4) is 0 Å². The summed E-state index contributed by atoms with van der Waals surface area (Å²) in [6, 6.07) is 16.3. The first-order valence-corrected chi connectivity index (χ1v) is 17.2. The van der Waals surface area contributed by atoms with E-state index in [1.54, 1.807) is 17.1 Å². The summed E-state index contributed by atoms with van der Waals surface area (Å²) < 4.78 is 12.2. The maximum Gasteiger partial charge on any atom is 0.306 e. The van der Waals surface area contributed by atoms with Gasteiger partial charge in [0.25, 0.3) is 0 Å². The number of nitrogens with one attached hydrogen (secondary N) is 1. The minimum Gasteiger partial charge on any atom is -0.463 e. The number of amides is 3. The number of hydrogen-bond donors (Lipinski definition) is 2. The highest BCUT2D eigenvalue weighted by Crippen LogP contribution is 2.59. The number of ether oxygens (including phenoxy) is 2. The highest BCUT2D eigenvalue weighted by atomic mass is 16.5. The molecule has 3 amide bonds. The zero-order valence-electron chi connectivity index (χ0n) is 28.8. The maximum atomic E-state index is 14.8. The third kappa shape index (κ3) is 7.21. The summed E-state index contributed by atoms with van der Waals surface area (Å²) in [5, 5.41) is 13.8. The van der Waals surface area contributed by atoms with E-state index in [1.807, 2.05) is 81.4 Å². The third-order valence-electron chi connectivity index (χ3n) is 10.1. The van der Waals surface area contributed by atoms with E-state index in [9.17, 15) is 24.3 Å². The number of carbonyl (C=O) groups excluding carboxylic acids is 4. The van der Waals surface area contributed by atoms with E-state index in [2.05, 4.69) is 18.5 Å². The highest BCUT2D eigenvalue weighted by molar-refractivity contribution is 5.99. The summed E-state index contributed by atoms with van der Waals surface area (Å²) in [5.74, 6) is -3.32. The Morgan fingerprint density at radius 1 is 1.10 bits per heavy atom. The number of esters is 1. The number of hydrogen-bond acceptors (Lipinski definition) is 7. The molecule has 10 nitrogen and oxygen atoms in total. The average Bonchev–Trinajstić information content (AvgIpc) is 3.74. The van der Waals surface area contributed by atoms with E-state index in [1.165, 1.54) is 4.90 Å². The van der Waals surface area contributed by atoms with Gasteiger partial charge in [-0.15, -0.1) is 13.2 Å². The van der Waals surface area contributed by atoms with Gasteiger partial charge in [-0.3, -0.25) is 19.2 Å². The topological polar surface area (TPSA) is 125 Å². The van der Waals surface area contributed by atoms with Crippen LogP contribution < -0.4 is 5.32 Å². The molecule has 7 atom stereocenters. The molecular formula is C39H49N3O7. The fourth-order valence-electron chi connectivity index (χ4n) is 7.81. The predicted molar refractivity (Wildman–Crippen MR) is 185 cm³/mol. The van der Waals surface area contributed by atoms with Crippen LogP contribution in [0, 0.1) is 11.8 Å². The Morgan fingerprint density at radius 3 is 2.39 bits per heavy atom. The summed E-state index contributed by atoms with van der Waals surface area (Å²) in [6.45, 7) is 13.1. The van der Waals surface area contributed by atoms with Crippen molar-refractivity contribution >= 4 is 23.7 Å². The van der Waals surface area contributed by atoms with Crippen molar-refractivity contribution in [1.29, 1.82) is 0 Å². The lowest BCUT2D eigenvalue weighted by Crippen LogP contribution is -2.62. The monoisotopic (exact) mass is 671 g/mol. The Bertz CT molecular complexity index is 1520. The zero-order valence-corrected chi connectivity index (χ0v) is 28.8. The van der Waals surface area contributed by atoms with Crippen LogP contribution in [0.4, 0.5) is 0 Å². The first kappa shape index (κ1) is 36.0. The van der Waals surface area contributed by atoms with E-state index in [4.69, 9.17) is 9.47 Å². The molecule has 3 heterocycles. The molecule has 0 aromatic heterocycles. The van der Waals surface area contributed by atoms with Gasteiger partial charge in [0.05, 0.1) is 36.6 Å². The molecule has 1 spiro atoms. The molecule has 0 aliphatic carbocycles. The average molecular weight is 672 g/mol. The number of nitrogens with zero attached hydrogens (tertiary/aromatic N) is 2. The van der Waals surface area contributed by atoms with Crippen LogP contribution in [0.5, 0.6) is 0 Å². The molecule has 0 unspecified atom stereocenters. The van der Waals surface area contributed by atoms with Gasteiger partial charge in [-0.1, -0.05) is 72.8 Å². The number of aliphatic hydroxyl groups is 1. The summed E-state index contributed by atoms with van der Waals surface area (Å²) in [4.78, 5) is 59.5. The highest BCUT2D eigenvalue weighted by Gasteiger charge is 2.75. The van der Waals surface area contributed by atoms with E-state index >= 15 is 0 Å². The van der Waals surface area contributed by atoms with E-state index in [0.29, 0.717) is 25.7 Å². The Morgan fingerprint density at radius 2 is 1.78 bits per heavy atom. The molecule has 3 fully saturated rings. The van der Waals surface area contributed by atoms with Crippen molar-refractivity contribution in [3.05, 3.63) is 97.1 Å². The molecule has 3 aliphatic heterocycles. The van der Waals surface area contributed by atoms with Gasteiger partial charge in [-0.05, 0) is 57.6 Å². The lowest BCUT2D eigenvalue weighted by Gasteiger charge is -2.43. The first-order chi connectivity index (χ1) is 23.5. The smallest absolute Gasteiger partial charge is 0.306 e. The molecule has 3 aliphatic rings. The summed E-state index contributed by atoms with van der Waals surface area (Å²) in [7, 11) is 0. The van der Waals surface area contributed by atoms with Gasteiger partial charge in [-0.25, -0.2) is 0 Å². The van der Waals surface area contributed by atoms with Crippen LogP contribution in [0.1, 0.15) is 63.6 Å². The molecule has 3 saturated heterocycles. The van der Waals surface area contributed by atoms with Crippen LogP contribution in [0.2, 0.25) is 0 Å². The molecule has 5 rings (SSSR count). The molecule has 2 bridgehead atoms. The van der Waals surface area contributed by atoms with Crippen LogP contribution in [0.25, 0.3) is 0 Å². The van der Waals surface area contributed by atoms with E-state index < -0.39 is 59.1 Å². The second-order valence-corrected chi connectivity index (χ2v) is 14.2. The van der Waals surface area contributed by atoms with E-state index in [0.717, 1.165) is 11.1 Å². The van der Waals surface area contributed by atoms with Gasteiger partial charge in [-0.2, -0.15) is 0 Å². The molecule has 2 aromatic rings. The van der Waals surface area contributed by atoms with E-state index in [-0.39, 0.29) is 38.0 Å². The lowest BCUT2D eigenvalue weighted by atomic mass is 9.70. The summed E-state index contributed by atoms with van der Waals surface area (Å²) in [6.07, 6.45) is 4.60. The number of aliphatic hydroxyl groups excluding tert-OH is 1. The van der Waals surface area contributed by atoms with Gasteiger partial charge in [0.1, 0.15) is 18.2 Å². The van der Waals surface area contributed by atoms with Crippen molar-refractivity contribution < 1.29 is 33.8 Å². The molecule has 2 N–H and O–H groups in total. The largest absolute Gasteiger partial charge is 0.463 e. The van der Waals surface area contributed by atoms with Crippen molar-refractivity contribution in [2.75, 3.05) is 19.8 Å². The summed E-state index contributed by atoms with van der Waals surface area (Å²) in [5.41, 5.74) is -0.217. The second kappa shape index (κ2) is 15.1. The number of rotatable bonds is 15. The van der Waals surface area contributed by atoms with Crippen molar-refractivity contribution in [2.45, 2.75) is 88.2 Å². The van der Waals surface area contributed by atoms with Crippen molar-refractivity contribution in [1.82, 2.24) is 15.1 Å². The maximum absolute atomic E-state index is 14.8. The van der Waals surface area contributed by atoms with Gasteiger partial charge < -0.3 is 29.7 Å². The fourth-order valence-corrected chi connectivity index (χ4v) is 7.81. The van der Waals surface area contributed by atoms with Crippen LogP contribution >= 0.6 is 0 Å². The number of allylic oxidation sites excluding steroid dienone is 1.